The van der Waals surface area contributed by atoms with Crippen LogP contribution in [-0.2, 0) is 0 Å². The van der Waals surface area contributed by atoms with Crippen LogP contribution in [0.4, 0.5) is 0 Å². The Kier molecular flexibility index (Phi) is 4.86. The maximum atomic E-state index is 6.48. The maximum Gasteiger partial charge on any atom is 0.127 e. The predicted octanol–water partition coefficient (Wildman–Crippen LogP) is 3.76. The van der Waals surface area contributed by atoms with Crippen molar-refractivity contribution in [2.45, 2.75) is 26.8 Å². The minimum atomic E-state index is -0.276. The highest BCUT2D eigenvalue weighted by molar-refractivity contribution is 5.51. The number of para-hydroxylation sites is 1. The second kappa shape index (κ2) is 6.64. The summed E-state index contributed by atoms with van der Waals surface area (Å²) in [5, 5.41) is 0. The first-order valence-corrected chi connectivity index (χ1v) is 7.21. The Morgan fingerprint density at radius 3 is 2.43 bits per heavy atom. The molecule has 1 unspecified atom stereocenters. The minimum Gasteiger partial charge on any atom is -0.496 e. The second-order valence-electron chi connectivity index (χ2n) is 5.08. The van der Waals surface area contributed by atoms with E-state index in [1.54, 1.807) is 7.11 Å². The van der Waals surface area contributed by atoms with E-state index >= 15 is 0 Å². The van der Waals surface area contributed by atoms with E-state index in [9.17, 15) is 0 Å². The van der Waals surface area contributed by atoms with Crippen LogP contribution in [0.15, 0.2) is 36.4 Å². The molecule has 0 aliphatic carbocycles. The Morgan fingerprint density at radius 2 is 1.76 bits per heavy atom. The third-order valence-electron chi connectivity index (χ3n) is 3.80. The Balaban J connectivity index is 2.50. The van der Waals surface area contributed by atoms with Gasteiger partial charge in [-0.15, -0.1) is 0 Å². The summed E-state index contributed by atoms with van der Waals surface area (Å²) in [5.41, 5.74) is 10.8. The molecule has 3 heteroatoms. The van der Waals surface area contributed by atoms with E-state index in [0.717, 1.165) is 28.2 Å². The molecule has 0 aromatic heterocycles. The number of methoxy groups -OCH3 is 1. The normalized spacial score (nSPS) is 12.0. The molecule has 2 N–H and O–H groups in total. The van der Waals surface area contributed by atoms with Crippen LogP contribution in [0.3, 0.4) is 0 Å². The molecule has 0 heterocycles. The lowest BCUT2D eigenvalue weighted by molar-refractivity contribution is 0.335. The lowest BCUT2D eigenvalue weighted by Crippen LogP contribution is -2.15. The summed E-state index contributed by atoms with van der Waals surface area (Å²) in [5.74, 6) is 1.68. The zero-order valence-electron chi connectivity index (χ0n) is 13.1. The van der Waals surface area contributed by atoms with E-state index in [0.29, 0.717) is 6.61 Å². The number of ether oxygens (including phenoxy) is 2. The van der Waals surface area contributed by atoms with Gasteiger partial charge in [-0.2, -0.15) is 0 Å². The van der Waals surface area contributed by atoms with Crippen LogP contribution in [0, 0.1) is 13.8 Å². The first kappa shape index (κ1) is 15.4. The third-order valence-corrected chi connectivity index (χ3v) is 3.80. The molecule has 2 aromatic carbocycles. The molecule has 0 saturated heterocycles. The maximum absolute atomic E-state index is 6.48. The van der Waals surface area contributed by atoms with Crippen molar-refractivity contribution >= 4 is 0 Å². The van der Waals surface area contributed by atoms with Gasteiger partial charge in [-0.3, -0.25) is 0 Å². The number of rotatable bonds is 5. The molecule has 0 aliphatic rings. The molecule has 0 fully saturated rings. The highest BCUT2D eigenvalue weighted by atomic mass is 16.5. The summed E-state index contributed by atoms with van der Waals surface area (Å²) >= 11 is 0. The van der Waals surface area contributed by atoms with E-state index < -0.39 is 0 Å². The molecule has 21 heavy (non-hydrogen) atoms. The van der Waals surface area contributed by atoms with Gasteiger partial charge >= 0.3 is 0 Å². The van der Waals surface area contributed by atoms with E-state index in [2.05, 4.69) is 19.9 Å². The van der Waals surface area contributed by atoms with Crippen molar-refractivity contribution in [2.24, 2.45) is 5.73 Å². The SMILES string of the molecule is CCOc1ccccc1C(N)c1ccc(C)c(C)c1OC. The summed E-state index contributed by atoms with van der Waals surface area (Å²) in [6, 6.07) is 11.7. The highest BCUT2D eigenvalue weighted by Gasteiger charge is 2.19. The molecule has 0 radical (unpaired) electrons. The second-order valence-corrected chi connectivity index (χ2v) is 5.08. The number of hydrogen-bond donors (Lipinski definition) is 1. The van der Waals surface area contributed by atoms with Crippen molar-refractivity contribution < 1.29 is 9.47 Å². The molecule has 0 aliphatic heterocycles. The Bertz CT molecular complexity index is 623. The van der Waals surface area contributed by atoms with Gasteiger partial charge in [-0.1, -0.05) is 30.3 Å². The fourth-order valence-electron chi connectivity index (χ4n) is 2.52. The molecule has 112 valence electrons. The fraction of sp³-hybridized carbons (Fsp3) is 0.333. The Morgan fingerprint density at radius 1 is 1.05 bits per heavy atom. The summed E-state index contributed by atoms with van der Waals surface area (Å²) in [6.45, 7) is 6.72. The minimum absolute atomic E-state index is 0.276. The van der Waals surface area contributed by atoms with E-state index in [1.165, 1.54) is 5.56 Å². The molecule has 2 rings (SSSR count). The van der Waals surface area contributed by atoms with Crippen molar-refractivity contribution in [3.63, 3.8) is 0 Å². The molecule has 0 saturated carbocycles. The van der Waals surface area contributed by atoms with Crippen LogP contribution < -0.4 is 15.2 Å². The molecule has 0 bridgehead atoms. The molecule has 0 spiro atoms. The average molecular weight is 285 g/mol. The molecule has 0 amide bonds. The van der Waals surface area contributed by atoms with E-state index in [-0.39, 0.29) is 6.04 Å². The fourth-order valence-corrected chi connectivity index (χ4v) is 2.52. The van der Waals surface area contributed by atoms with Crippen LogP contribution in [0.2, 0.25) is 0 Å². The summed E-state index contributed by atoms with van der Waals surface area (Å²) in [4.78, 5) is 0. The standard InChI is InChI=1S/C18H23NO2/c1-5-21-16-9-7-6-8-14(16)17(19)15-11-10-12(2)13(3)18(15)20-4/h6-11,17H,5,19H2,1-4H3. The average Bonchev–Trinajstić information content (AvgIpc) is 2.50. The highest BCUT2D eigenvalue weighted by Crippen LogP contribution is 2.35. The van der Waals surface area contributed by atoms with Gasteiger partial charge in [0.15, 0.2) is 0 Å². The monoisotopic (exact) mass is 285 g/mol. The molecule has 1 atom stereocenters. The van der Waals surface area contributed by atoms with Crippen molar-refractivity contribution in [3.8, 4) is 11.5 Å². The zero-order valence-corrected chi connectivity index (χ0v) is 13.1. The van der Waals surface area contributed by atoms with Crippen molar-refractivity contribution in [1.29, 1.82) is 0 Å². The van der Waals surface area contributed by atoms with Crippen molar-refractivity contribution in [1.82, 2.24) is 0 Å². The summed E-state index contributed by atoms with van der Waals surface area (Å²) in [7, 11) is 1.69. The lowest BCUT2D eigenvalue weighted by Gasteiger charge is -2.21. The smallest absolute Gasteiger partial charge is 0.127 e. The summed E-state index contributed by atoms with van der Waals surface area (Å²) < 4.78 is 11.3. The molecule has 3 nitrogen and oxygen atoms in total. The largest absolute Gasteiger partial charge is 0.496 e. The molecular formula is C18H23NO2. The first-order valence-electron chi connectivity index (χ1n) is 7.21. The molecular weight excluding hydrogens is 262 g/mol. The van der Waals surface area contributed by atoms with E-state index in [4.69, 9.17) is 15.2 Å². The van der Waals surface area contributed by atoms with Crippen LogP contribution in [0.1, 0.15) is 35.2 Å². The lowest BCUT2D eigenvalue weighted by atomic mass is 9.94. The number of aryl methyl sites for hydroxylation is 1. The van der Waals surface area contributed by atoms with Gasteiger partial charge in [0.25, 0.3) is 0 Å². The van der Waals surface area contributed by atoms with Crippen LogP contribution in [-0.4, -0.2) is 13.7 Å². The quantitative estimate of drug-likeness (QED) is 0.909. The third kappa shape index (κ3) is 3.03. The van der Waals surface area contributed by atoms with Gasteiger partial charge in [0, 0.05) is 11.1 Å². The first-order chi connectivity index (χ1) is 10.1. The number of nitrogens with two attached hydrogens (primary N) is 1. The topological polar surface area (TPSA) is 44.5 Å². The van der Waals surface area contributed by atoms with Gasteiger partial charge in [-0.25, -0.2) is 0 Å². The predicted molar refractivity (Wildman–Crippen MR) is 86.1 cm³/mol. The van der Waals surface area contributed by atoms with Crippen molar-refractivity contribution in [3.05, 3.63) is 58.7 Å². The van der Waals surface area contributed by atoms with Crippen LogP contribution in [0.5, 0.6) is 11.5 Å². The van der Waals surface area contributed by atoms with Gasteiger partial charge in [0.1, 0.15) is 11.5 Å². The van der Waals surface area contributed by atoms with E-state index in [1.807, 2.05) is 37.3 Å². The van der Waals surface area contributed by atoms with Crippen LogP contribution >= 0.6 is 0 Å². The molecule has 2 aromatic rings. The Labute approximate surface area is 126 Å². The van der Waals surface area contributed by atoms with Gasteiger partial charge in [0.2, 0.25) is 0 Å². The van der Waals surface area contributed by atoms with Gasteiger partial charge in [-0.05, 0) is 38.0 Å². The number of benzene rings is 2. The van der Waals surface area contributed by atoms with Crippen molar-refractivity contribution in [2.75, 3.05) is 13.7 Å². The van der Waals surface area contributed by atoms with Gasteiger partial charge in [0.05, 0.1) is 19.8 Å². The summed E-state index contributed by atoms with van der Waals surface area (Å²) in [6.07, 6.45) is 0. The zero-order chi connectivity index (χ0) is 15.4. The van der Waals surface area contributed by atoms with Gasteiger partial charge < -0.3 is 15.2 Å². The number of hydrogen-bond acceptors (Lipinski definition) is 3. The van der Waals surface area contributed by atoms with Crippen LogP contribution in [0.25, 0.3) is 0 Å². The Hall–Kier alpha value is -2.00.